The van der Waals surface area contributed by atoms with Crippen LogP contribution in [0.5, 0.6) is 5.88 Å². The Morgan fingerprint density at radius 3 is 3.00 bits per heavy atom. The van der Waals surface area contributed by atoms with Crippen LogP contribution in [0, 0.1) is 10.1 Å². The molecule has 0 fully saturated rings. The molecule has 15 heavy (non-hydrogen) atoms. The number of carboxylic acid groups (broad SMARTS) is 1. The number of fused-ring (bicyclic) bond motifs is 1. The zero-order valence-corrected chi connectivity index (χ0v) is 7.54. The first-order valence-corrected chi connectivity index (χ1v) is 4.22. The van der Waals surface area contributed by atoms with E-state index < -0.39 is 22.3 Å². The first kappa shape index (κ1) is 9.44. The second kappa shape index (κ2) is 3.23. The molecule has 0 saturated heterocycles. The summed E-state index contributed by atoms with van der Waals surface area (Å²) >= 11 is 0. The van der Waals surface area contributed by atoms with E-state index in [0.717, 1.165) is 0 Å². The number of ether oxygens (including phenoxy) is 1. The van der Waals surface area contributed by atoms with Crippen molar-refractivity contribution in [2.75, 3.05) is 6.61 Å². The van der Waals surface area contributed by atoms with Gasteiger partial charge in [0.05, 0.1) is 11.5 Å². The summed E-state index contributed by atoms with van der Waals surface area (Å²) in [6, 6.07) is 0. The van der Waals surface area contributed by atoms with Crippen molar-refractivity contribution in [2.45, 2.75) is 13.0 Å². The normalized spacial score (nSPS) is 14.1. The summed E-state index contributed by atoms with van der Waals surface area (Å²) in [5.41, 5.74) is -1.14. The average Bonchev–Trinajstić information content (AvgIpc) is 2.56. The third-order valence-electron chi connectivity index (χ3n) is 2.02. The first-order chi connectivity index (χ1) is 7.11. The van der Waals surface area contributed by atoms with E-state index in [1.807, 2.05) is 0 Å². The third-order valence-corrected chi connectivity index (χ3v) is 2.02. The molecule has 8 heteroatoms. The van der Waals surface area contributed by atoms with Gasteiger partial charge in [0, 0.05) is 13.0 Å². The van der Waals surface area contributed by atoms with Gasteiger partial charge in [-0.25, -0.2) is 9.48 Å². The Hall–Kier alpha value is -2.12. The van der Waals surface area contributed by atoms with Crippen molar-refractivity contribution in [3.05, 3.63) is 15.8 Å². The quantitative estimate of drug-likeness (QED) is 0.558. The molecule has 1 aromatic heterocycles. The molecule has 0 aromatic carbocycles. The van der Waals surface area contributed by atoms with Crippen molar-refractivity contribution in [2.24, 2.45) is 0 Å². The number of aromatic carboxylic acids is 1. The van der Waals surface area contributed by atoms with Crippen molar-refractivity contribution in [3.8, 4) is 5.88 Å². The molecule has 0 spiro atoms. The lowest BCUT2D eigenvalue weighted by molar-refractivity contribution is -0.386. The van der Waals surface area contributed by atoms with Crippen LogP contribution in [-0.2, 0) is 6.54 Å². The van der Waals surface area contributed by atoms with Crippen molar-refractivity contribution in [1.29, 1.82) is 0 Å². The zero-order chi connectivity index (χ0) is 11.0. The number of aromatic nitrogens is 2. The topological polar surface area (TPSA) is 107 Å². The van der Waals surface area contributed by atoms with Gasteiger partial charge in [-0.1, -0.05) is 0 Å². The highest BCUT2D eigenvalue weighted by Crippen LogP contribution is 2.33. The van der Waals surface area contributed by atoms with Gasteiger partial charge in [0.15, 0.2) is 0 Å². The van der Waals surface area contributed by atoms with Gasteiger partial charge in [0.25, 0.3) is 11.6 Å². The van der Waals surface area contributed by atoms with Crippen molar-refractivity contribution >= 4 is 11.7 Å². The SMILES string of the molecule is O=C(O)c1nn2c(c1[N+](=O)[O-])OCCC2. The minimum atomic E-state index is -1.42. The molecule has 0 radical (unpaired) electrons. The summed E-state index contributed by atoms with van der Waals surface area (Å²) in [6.45, 7) is 0.773. The van der Waals surface area contributed by atoms with Crippen LogP contribution < -0.4 is 4.74 Å². The molecule has 0 saturated carbocycles. The maximum atomic E-state index is 10.7. The number of carboxylic acids is 1. The second-order valence-electron chi connectivity index (χ2n) is 2.99. The molecule has 2 rings (SSSR count). The second-order valence-corrected chi connectivity index (χ2v) is 2.99. The van der Waals surface area contributed by atoms with Gasteiger partial charge in [-0.05, 0) is 0 Å². The smallest absolute Gasteiger partial charge is 0.365 e. The van der Waals surface area contributed by atoms with Gasteiger partial charge < -0.3 is 9.84 Å². The van der Waals surface area contributed by atoms with Crippen molar-refractivity contribution < 1.29 is 19.6 Å². The number of nitrogens with zero attached hydrogens (tertiary/aromatic N) is 3. The molecule has 1 aliphatic heterocycles. The largest absolute Gasteiger partial charge is 0.476 e. The van der Waals surface area contributed by atoms with Gasteiger partial charge in [0.2, 0.25) is 0 Å². The van der Waals surface area contributed by atoms with E-state index in [0.29, 0.717) is 19.6 Å². The number of hydrogen-bond donors (Lipinski definition) is 1. The van der Waals surface area contributed by atoms with Crippen LogP contribution in [0.15, 0.2) is 0 Å². The van der Waals surface area contributed by atoms with Crippen LogP contribution in [-0.4, -0.2) is 32.4 Å². The Bertz CT molecular complexity index is 438. The number of rotatable bonds is 2. The highest BCUT2D eigenvalue weighted by Gasteiger charge is 2.34. The number of carbonyl (C=O) groups is 1. The molecule has 0 unspecified atom stereocenters. The average molecular weight is 213 g/mol. The molecule has 2 heterocycles. The zero-order valence-electron chi connectivity index (χ0n) is 7.54. The lowest BCUT2D eigenvalue weighted by Gasteiger charge is -2.12. The first-order valence-electron chi connectivity index (χ1n) is 4.22. The van der Waals surface area contributed by atoms with E-state index in [2.05, 4.69) is 5.10 Å². The van der Waals surface area contributed by atoms with E-state index in [4.69, 9.17) is 9.84 Å². The van der Waals surface area contributed by atoms with Crippen molar-refractivity contribution in [3.63, 3.8) is 0 Å². The molecule has 1 aromatic rings. The highest BCUT2D eigenvalue weighted by molar-refractivity contribution is 5.91. The van der Waals surface area contributed by atoms with Crippen LogP contribution in [0.2, 0.25) is 0 Å². The van der Waals surface area contributed by atoms with Crippen LogP contribution in [0.4, 0.5) is 5.69 Å². The Morgan fingerprint density at radius 1 is 1.67 bits per heavy atom. The monoisotopic (exact) mass is 213 g/mol. The molecule has 0 aliphatic carbocycles. The summed E-state index contributed by atoms with van der Waals surface area (Å²) in [4.78, 5) is 20.6. The fraction of sp³-hybridized carbons (Fsp3) is 0.429. The maximum absolute atomic E-state index is 10.7. The third kappa shape index (κ3) is 1.39. The predicted molar refractivity (Wildman–Crippen MR) is 46.0 cm³/mol. The number of aryl methyl sites for hydroxylation is 1. The molecule has 0 amide bonds. The van der Waals surface area contributed by atoms with E-state index in [1.54, 1.807) is 0 Å². The van der Waals surface area contributed by atoms with Gasteiger partial charge >= 0.3 is 11.7 Å². The van der Waals surface area contributed by atoms with Crippen LogP contribution in [0.25, 0.3) is 0 Å². The van der Waals surface area contributed by atoms with Crippen LogP contribution in [0.1, 0.15) is 16.9 Å². The molecule has 80 valence electrons. The molecule has 1 aliphatic rings. The highest BCUT2D eigenvalue weighted by atomic mass is 16.6. The van der Waals surface area contributed by atoms with Crippen LogP contribution >= 0.6 is 0 Å². The summed E-state index contributed by atoms with van der Waals surface area (Å²) in [5, 5.41) is 23.0. The molecular formula is C7H7N3O5. The van der Waals surface area contributed by atoms with E-state index in [9.17, 15) is 14.9 Å². The fourth-order valence-electron chi connectivity index (χ4n) is 1.42. The predicted octanol–water partition coefficient (Wildman–Crippen LogP) is 0.272. The van der Waals surface area contributed by atoms with Gasteiger partial charge in [-0.2, -0.15) is 5.10 Å². The molecule has 0 bridgehead atoms. The molecular weight excluding hydrogens is 206 g/mol. The fourth-order valence-corrected chi connectivity index (χ4v) is 1.42. The Labute approximate surface area is 83.2 Å². The van der Waals surface area contributed by atoms with Gasteiger partial charge in [-0.3, -0.25) is 10.1 Å². The van der Waals surface area contributed by atoms with Gasteiger partial charge in [-0.15, -0.1) is 0 Å². The standard InChI is InChI=1S/C7H7N3O5/c11-7(12)4-5(10(13)14)6-9(8-4)2-1-3-15-6/h1-3H2,(H,11,12). The molecule has 8 nitrogen and oxygen atoms in total. The van der Waals surface area contributed by atoms with E-state index in [1.165, 1.54) is 4.68 Å². The number of nitro groups is 1. The van der Waals surface area contributed by atoms with E-state index >= 15 is 0 Å². The Balaban J connectivity index is 2.61. The van der Waals surface area contributed by atoms with Crippen molar-refractivity contribution in [1.82, 2.24) is 9.78 Å². The van der Waals surface area contributed by atoms with Crippen LogP contribution in [0.3, 0.4) is 0 Å². The minimum Gasteiger partial charge on any atom is -0.476 e. The molecule has 1 N–H and O–H groups in total. The lowest BCUT2D eigenvalue weighted by Crippen LogP contribution is -2.15. The van der Waals surface area contributed by atoms with E-state index in [-0.39, 0.29) is 5.88 Å². The summed E-state index contributed by atoms with van der Waals surface area (Å²) in [7, 11) is 0. The van der Waals surface area contributed by atoms with Gasteiger partial charge in [0.1, 0.15) is 0 Å². The Morgan fingerprint density at radius 2 is 2.40 bits per heavy atom. The maximum Gasteiger partial charge on any atom is 0.365 e. The lowest BCUT2D eigenvalue weighted by atomic mass is 10.3. The summed E-state index contributed by atoms with van der Waals surface area (Å²) < 4.78 is 6.26. The number of hydrogen-bond acceptors (Lipinski definition) is 5. The summed E-state index contributed by atoms with van der Waals surface area (Å²) in [6.07, 6.45) is 0.658. The summed E-state index contributed by atoms with van der Waals surface area (Å²) in [5.74, 6) is -1.49. The minimum absolute atomic E-state index is 0.0661. The Kier molecular flexibility index (Phi) is 2.03. The molecule has 0 atom stereocenters.